The van der Waals surface area contributed by atoms with Gasteiger partial charge in [-0.25, -0.2) is 4.98 Å². The molecular weight excluding hydrogens is 201 g/mol. The van der Waals surface area contributed by atoms with Crippen molar-refractivity contribution in [3.8, 4) is 11.1 Å². The van der Waals surface area contributed by atoms with Gasteiger partial charge in [0.2, 0.25) is 5.95 Å². The molecule has 3 heteroatoms. The van der Waals surface area contributed by atoms with E-state index in [0.29, 0.717) is 16.1 Å². The van der Waals surface area contributed by atoms with Crippen molar-refractivity contribution in [3.63, 3.8) is 0 Å². The number of nitrogens with zero attached hydrogens (tertiary/aromatic N) is 1. The monoisotopic (exact) mass is 206 g/mol. The summed E-state index contributed by atoms with van der Waals surface area (Å²) in [6.07, 6.45) is 1.40. The summed E-state index contributed by atoms with van der Waals surface area (Å²) in [4.78, 5) is 3.56. The fraction of sp³-hybridized carbons (Fsp3) is 0. The van der Waals surface area contributed by atoms with Gasteiger partial charge in [-0.1, -0.05) is 17.7 Å². The summed E-state index contributed by atoms with van der Waals surface area (Å²) >= 11 is 5.92. The van der Waals surface area contributed by atoms with Crippen LogP contribution in [0.4, 0.5) is 4.39 Å². The standard InChI is InChI=1S/C11H6ClFN/c12-10-6-2-1-4-8(10)9-5-3-7-14-11(9)13/h2-7H. The molecule has 0 saturated carbocycles. The van der Waals surface area contributed by atoms with Crippen molar-refractivity contribution in [2.24, 2.45) is 0 Å². The van der Waals surface area contributed by atoms with Crippen LogP contribution in [-0.4, -0.2) is 4.98 Å². The lowest BCUT2D eigenvalue weighted by Crippen LogP contribution is -1.87. The fourth-order valence-electron chi connectivity index (χ4n) is 1.20. The molecule has 69 valence electrons. The lowest BCUT2D eigenvalue weighted by Gasteiger charge is -2.03. The van der Waals surface area contributed by atoms with Crippen LogP contribution in [0.5, 0.6) is 0 Å². The van der Waals surface area contributed by atoms with E-state index in [2.05, 4.69) is 11.1 Å². The first kappa shape index (κ1) is 9.16. The first-order valence-electron chi connectivity index (χ1n) is 4.05. The van der Waals surface area contributed by atoms with Crippen molar-refractivity contribution in [1.82, 2.24) is 4.98 Å². The number of hydrogen-bond donors (Lipinski definition) is 0. The van der Waals surface area contributed by atoms with Crippen LogP contribution in [0.3, 0.4) is 0 Å². The predicted molar refractivity (Wildman–Crippen MR) is 53.5 cm³/mol. The zero-order valence-electron chi connectivity index (χ0n) is 7.17. The van der Waals surface area contributed by atoms with Gasteiger partial charge in [-0.15, -0.1) is 0 Å². The number of aromatic nitrogens is 1. The van der Waals surface area contributed by atoms with E-state index in [1.54, 1.807) is 30.3 Å². The van der Waals surface area contributed by atoms with E-state index in [1.807, 2.05) is 0 Å². The van der Waals surface area contributed by atoms with E-state index in [4.69, 9.17) is 11.6 Å². The SMILES string of the molecule is Fc1ncccc1-c1c[c]ccc1Cl. The lowest BCUT2D eigenvalue weighted by atomic mass is 10.1. The molecule has 0 spiro atoms. The molecule has 1 radical (unpaired) electrons. The Bertz CT molecular complexity index is 413. The molecule has 1 aromatic heterocycles. The third-order valence-corrected chi connectivity index (χ3v) is 2.19. The van der Waals surface area contributed by atoms with Gasteiger partial charge in [-0.2, -0.15) is 4.39 Å². The zero-order valence-corrected chi connectivity index (χ0v) is 7.92. The topological polar surface area (TPSA) is 12.9 Å². The van der Waals surface area contributed by atoms with E-state index in [-0.39, 0.29) is 0 Å². The Labute approximate surface area is 86.2 Å². The number of hydrogen-bond acceptors (Lipinski definition) is 1. The second kappa shape index (κ2) is 3.76. The number of pyridine rings is 1. The summed E-state index contributed by atoms with van der Waals surface area (Å²) in [5, 5.41) is 0.496. The van der Waals surface area contributed by atoms with Gasteiger partial charge in [0.05, 0.1) is 0 Å². The molecule has 0 N–H and O–H groups in total. The fourth-order valence-corrected chi connectivity index (χ4v) is 1.42. The molecule has 0 aliphatic rings. The van der Waals surface area contributed by atoms with Crippen molar-refractivity contribution in [1.29, 1.82) is 0 Å². The van der Waals surface area contributed by atoms with Gasteiger partial charge in [-0.3, -0.25) is 0 Å². The molecular formula is C11H6ClFN. The van der Waals surface area contributed by atoms with Crippen molar-refractivity contribution in [2.45, 2.75) is 0 Å². The average Bonchev–Trinajstić information content (AvgIpc) is 2.20. The molecule has 1 heterocycles. The molecule has 0 amide bonds. The van der Waals surface area contributed by atoms with Gasteiger partial charge < -0.3 is 0 Å². The second-order valence-corrected chi connectivity index (χ2v) is 3.15. The van der Waals surface area contributed by atoms with Crippen molar-refractivity contribution in [3.05, 3.63) is 53.6 Å². The maximum absolute atomic E-state index is 13.3. The van der Waals surface area contributed by atoms with Crippen LogP contribution in [0.1, 0.15) is 0 Å². The third-order valence-electron chi connectivity index (χ3n) is 1.86. The van der Waals surface area contributed by atoms with Crippen LogP contribution < -0.4 is 0 Å². The summed E-state index contributed by atoms with van der Waals surface area (Å²) in [6, 6.07) is 11.1. The van der Waals surface area contributed by atoms with Gasteiger partial charge in [0.1, 0.15) is 0 Å². The average molecular weight is 207 g/mol. The van der Waals surface area contributed by atoms with Crippen LogP contribution in [0.2, 0.25) is 5.02 Å². The Morgan fingerprint density at radius 2 is 2.14 bits per heavy atom. The van der Waals surface area contributed by atoms with Crippen LogP contribution >= 0.6 is 11.6 Å². The maximum Gasteiger partial charge on any atom is 0.220 e. The van der Waals surface area contributed by atoms with Crippen LogP contribution in [0, 0.1) is 12.0 Å². The molecule has 0 atom stereocenters. The Hall–Kier alpha value is -1.41. The molecule has 1 nitrogen and oxygen atoms in total. The molecule has 0 aliphatic heterocycles. The van der Waals surface area contributed by atoms with Gasteiger partial charge in [0.15, 0.2) is 0 Å². The molecule has 0 saturated heterocycles. The van der Waals surface area contributed by atoms with E-state index in [1.165, 1.54) is 6.20 Å². The summed E-state index contributed by atoms with van der Waals surface area (Å²) in [6.45, 7) is 0. The summed E-state index contributed by atoms with van der Waals surface area (Å²) in [7, 11) is 0. The molecule has 0 bridgehead atoms. The van der Waals surface area contributed by atoms with Crippen molar-refractivity contribution in [2.75, 3.05) is 0 Å². The van der Waals surface area contributed by atoms with Gasteiger partial charge in [0.25, 0.3) is 0 Å². The van der Waals surface area contributed by atoms with Gasteiger partial charge in [-0.05, 0) is 30.3 Å². The number of halogens is 2. The minimum Gasteiger partial charge on any atom is -0.228 e. The first-order valence-corrected chi connectivity index (χ1v) is 4.43. The van der Waals surface area contributed by atoms with Crippen molar-refractivity contribution >= 4 is 11.6 Å². The largest absolute Gasteiger partial charge is 0.228 e. The quantitative estimate of drug-likeness (QED) is 0.653. The second-order valence-electron chi connectivity index (χ2n) is 2.75. The molecule has 2 rings (SSSR count). The highest BCUT2D eigenvalue weighted by atomic mass is 35.5. The van der Waals surface area contributed by atoms with E-state index in [9.17, 15) is 4.39 Å². The van der Waals surface area contributed by atoms with Gasteiger partial charge >= 0.3 is 0 Å². The van der Waals surface area contributed by atoms with Crippen molar-refractivity contribution < 1.29 is 4.39 Å². The molecule has 1 aromatic carbocycles. The molecule has 0 unspecified atom stereocenters. The van der Waals surface area contributed by atoms with E-state index < -0.39 is 5.95 Å². The lowest BCUT2D eigenvalue weighted by molar-refractivity contribution is 0.587. The van der Waals surface area contributed by atoms with Gasteiger partial charge in [0, 0.05) is 22.3 Å². The zero-order chi connectivity index (χ0) is 9.97. The Kier molecular flexibility index (Phi) is 2.46. The number of benzene rings is 1. The highest BCUT2D eigenvalue weighted by Gasteiger charge is 2.07. The van der Waals surface area contributed by atoms with Crippen LogP contribution in [-0.2, 0) is 0 Å². The minimum atomic E-state index is -0.519. The number of rotatable bonds is 1. The minimum absolute atomic E-state index is 0.398. The highest BCUT2D eigenvalue weighted by Crippen LogP contribution is 2.28. The maximum atomic E-state index is 13.3. The van der Waals surface area contributed by atoms with E-state index >= 15 is 0 Å². The highest BCUT2D eigenvalue weighted by molar-refractivity contribution is 6.33. The smallest absolute Gasteiger partial charge is 0.220 e. The molecule has 14 heavy (non-hydrogen) atoms. The first-order chi connectivity index (χ1) is 6.79. The molecule has 0 fully saturated rings. The predicted octanol–water partition coefficient (Wildman–Crippen LogP) is 3.34. The molecule has 2 aromatic rings. The summed E-state index contributed by atoms with van der Waals surface area (Å²) in [5.41, 5.74) is 1.01. The Morgan fingerprint density at radius 1 is 1.29 bits per heavy atom. The van der Waals surface area contributed by atoms with Crippen LogP contribution in [0.15, 0.2) is 36.5 Å². The van der Waals surface area contributed by atoms with Crippen LogP contribution in [0.25, 0.3) is 11.1 Å². The molecule has 0 aliphatic carbocycles. The third kappa shape index (κ3) is 1.61. The van der Waals surface area contributed by atoms with E-state index in [0.717, 1.165) is 0 Å². The Morgan fingerprint density at radius 3 is 2.86 bits per heavy atom. The normalized spacial score (nSPS) is 10.1. The Balaban J connectivity index is 2.61. The summed E-state index contributed by atoms with van der Waals surface area (Å²) in [5.74, 6) is -0.519. The summed E-state index contributed by atoms with van der Waals surface area (Å²) < 4.78 is 13.3.